The van der Waals surface area contributed by atoms with Crippen molar-refractivity contribution in [3.05, 3.63) is 35.4 Å². The Morgan fingerprint density at radius 1 is 1.17 bits per heavy atom. The summed E-state index contributed by atoms with van der Waals surface area (Å²) in [6.07, 6.45) is 1.96. The molecular formula is C15H21ClO2. The molecule has 100 valence electrons. The van der Waals surface area contributed by atoms with Crippen LogP contribution in [0.15, 0.2) is 24.3 Å². The van der Waals surface area contributed by atoms with E-state index in [9.17, 15) is 4.79 Å². The van der Waals surface area contributed by atoms with Gasteiger partial charge in [-0.2, -0.15) is 0 Å². The molecule has 0 atom stereocenters. The predicted molar refractivity (Wildman–Crippen MR) is 75.0 cm³/mol. The molecule has 0 heterocycles. The van der Waals surface area contributed by atoms with Crippen LogP contribution >= 0.6 is 11.6 Å². The van der Waals surface area contributed by atoms with Gasteiger partial charge in [0.25, 0.3) is 0 Å². The molecule has 2 nitrogen and oxygen atoms in total. The molecule has 0 fully saturated rings. The average molecular weight is 269 g/mol. The summed E-state index contributed by atoms with van der Waals surface area (Å²) in [4.78, 5) is 11.7. The predicted octanol–water partition coefficient (Wildman–Crippen LogP) is 3.74. The largest absolute Gasteiger partial charge is 0.460 e. The molecule has 18 heavy (non-hydrogen) atoms. The van der Waals surface area contributed by atoms with Crippen LogP contribution in [0, 0.1) is 0 Å². The van der Waals surface area contributed by atoms with Crippen LogP contribution in [0.5, 0.6) is 0 Å². The van der Waals surface area contributed by atoms with Gasteiger partial charge in [0.15, 0.2) is 0 Å². The molecule has 1 aromatic carbocycles. The lowest BCUT2D eigenvalue weighted by Crippen LogP contribution is -2.24. The molecule has 0 amide bonds. The fourth-order valence-corrected chi connectivity index (χ4v) is 1.98. The summed E-state index contributed by atoms with van der Waals surface area (Å²) >= 11 is 5.77. The summed E-state index contributed by atoms with van der Waals surface area (Å²) in [6.45, 7) is 5.64. The van der Waals surface area contributed by atoms with Gasteiger partial charge in [0.05, 0.1) is 0 Å². The van der Waals surface area contributed by atoms with E-state index in [0.29, 0.717) is 18.7 Å². The van der Waals surface area contributed by atoms with E-state index in [0.717, 1.165) is 6.42 Å². The molecule has 0 aliphatic rings. The zero-order chi connectivity index (χ0) is 13.6. The van der Waals surface area contributed by atoms with Gasteiger partial charge >= 0.3 is 5.97 Å². The first-order valence-corrected chi connectivity index (χ1v) is 6.80. The van der Waals surface area contributed by atoms with Crippen molar-refractivity contribution in [2.75, 3.05) is 5.88 Å². The topological polar surface area (TPSA) is 26.3 Å². The Morgan fingerprint density at radius 2 is 1.72 bits per heavy atom. The third-order valence-corrected chi connectivity index (χ3v) is 2.69. The van der Waals surface area contributed by atoms with E-state index in [2.05, 4.69) is 6.07 Å². The average Bonchev–Trinajstić information content (AvgIpc) is 2.26. The number of carbonyl (C=O) groups excluding carboxylic acids is 1. The van der Waals surface area contributed by atoms with Crippen molar-refractivity contribution >= 4 is 17.6 Å². The number of hydrogen-bond donors (Lipinski definition) is 0. The number of alkyl halides is 1. The van der Waals surface area contributed by atoms with E-state index >= 15 is 0 Å². The first kappa shape index (κ1) is 15.0. The minimum atomic E-state index is -0.410. The van der Waals surface area contributed by atoms with Crippen LogP contribution in [-0.2, 0) is 22.4 Å². The molecule has 1 rings (SSSR count). The fourth-order valence-electron chi connectivity index (χ4n) is 1.78. The van der Waals surface area contributed by atoms with Gasteiger partial charge in [-0.15, -0.1) is 11.6 Å². The molecule has 0 saturated carbocycles. The molecule has 0 bridgehead atoms. The zero-order valence-corrected chi connectivity index (χ0v) is 12.1. The van der Waals surface area contributed by atoms with Crippen molar-refractivity contribution < 1.29 is 9.53 Å². The molecular weight excluding hydrogens is 248 g/mol. The molecule has 0 aliphatic heterocycles. The lowest BCUT2D eigenvalue weighted by Gasteiger charge is -2.19. The standard InChI is InChI=1S/C15H21ClO2/c1-15(2,3)18-14(17)9-8-12-6-4-5-7-13(12)10-11-16/h4-7H,8-11H2,1-3H3. The monoisotopic (exact) mass is 268 g/mol. The van der Waals surface area contributed by atoms with E-state index in [1.165, 1.54) is 11.1 Å². The zero-order valence-electron chi connectivity index (χ0n) is 11.3. The van der Waals surface area contributed by atoms with Crippen molar-refractivity contribution in [3.8, 4) is 0 Å². The molecule has 0 spiro atoms. The summed E-state index contributed by atoms with van der Waals surface area (Å²) in [5, 5.41) is 0. The molecule has 0 saturated heterocycles. The van der Waals surface area contributed by atoms with Gasteiger partial charge in [-0.1, -0.05) is 24.3 Å². The summed E-state index contributed by atoms with van der Waals surface area (Å²) in [5.74, 6) is 0.451. The van der Waals surface area contributed by atoms with Crippen LogP contribution in [-0.4, -0.2) is 17.5 Å². The Balaban J connectivity index is 2.55. The summed E-state index contributed by atoms with van der Waals surface area (Å²) < 4.78 is 5.29. The van der Waals surface area contributed by atoms with Crippen LogP contribution in [0.1, 0.15) is 38.3 Å². The molecule has 0 radical (unpaired) electrons. The van der Waals surface area contributed by atoms with Gasteiger partial charge in [-0.25, -0.2) is 0 Å². The minimum absolute atomic E-state index is 0.150. The Labute approximate surface area is 114 Å². The second kappa shape index (κ2) is 6.79. The van der Waals surface area contributed by atoms with Crippen molar-refractivity contribution in [2.24, 2.45) is 0 Å². The Morgan fingerprint density at radius 3 is 2.22 bits per heavy atom. The number of aryl methyl sites for hydroxylation is 2. The van der Waals surface area contributed by atoms with Gasteiger partial charge in [-0.05, 0) is 44.7 Å². The Hall–Kier alpha value is -1.02. The molecule has 3 heteroatoms. The van der Waals surface area contributed by atoms with Gasteiger partial charge in [0.1, 0.15) is 5.60 Å². The van der Waals surface area contributed by atoms with Crippen molar-refractivity contribution in [3.63, 3.8) is 0 Å². The van der Waals surface area contributed by atoms with Gasteiger partial charge < -0.3 is 4.74 Å². The fraction of sp³-hybridized carbons (Fsp3) is 0.533. The highest BCUT2D eigenvalue weighted by molar-refractivity contribution is 6.18. The molecule has 0 N–H and O–H groups in total. The van der Waals surface area contributed by atoms with Crippen molar-refractivity contribution in [1.82, 2.24) is 0 Å². The number of benzene rings is 1. The van der Waals surface area contributed by atoms with Crippen LogP contribution in [0.2, 0.25) is 0 Å². The molecule has 0 unspecified atom stereocenters. The van der Waals surface area contributed by atoms with Crippen molar-refractivity contribution in [1.29, 1.82) is 0 Å². The number of hydrogen-bond acceptors (Lipinski definition) is 2. The van der Waals surface area contributed by atoms with Gasteiger partial charge in [-0.3, -0.25) is 4.79 Å². The smallest absolute Gasteiger partial charge is 0.306 e. The lowest BCUT2D eigenvalue weighted by atomic mass is 10.0. The first-order chi connectivity index (χ1) is 8.42. The maximum atomic E-state index is 11.7. The van der Waals surface area contributed by atoms with Crippen molar-refractivity contribution in [2.45, 2.75) is 45.6 Å². The number of halogens is 1. The number of esters is 1. The van der Waals surface area contributed by atoms with E-state index in [-0.39, 0.29) is 5.97 Å². The SMILES string of the molecule is CC(C)(C)OC(=O)CCc1ccccc1CCCl. The quantitative estimate of drug-likeness (QED) is 0.601. The van der Waals surface area contributed by atoms with E-state index in [1.807, 2.05) is 39.0 Å². The lowest BCUT2D eigenvalue weighted by molar-refractivity contribution is -0.154. The summed E-state index contributed by atoms with van der Waals surface area (Å²) in [5.41, 5.74) is 1.99. The van der Waals surface area contributed by atoms with Crippen LogP contribution in [0.25, 0.3) is 0 Å². The highest BCUT2D eigenvalue weighted by Gasteiger charge is 2.16. The third-order valence-electron chi connectivity index (χ3n) is 2.50. The van der Waals surface area contributed by atoms with E-state index in [4.69, 9.17) is 16.3 Å². The molecule has 0 aromatic heterocycles. The summed E-state index contributed by atoms with van der Waals surface area (Å²) in [7, 11) is 0. The normalized spacial score (nSPS) is 11.3. The maximum absolute atomic E-state index is 11.7. The van der Waals surface area contributed by atoms with E-state index < -0.39 is 5.60 Å². The Bertz CT molecular complexity index is 394. The minimum Gasteiger partial charge on any atom is -0.460 e. The molecule has 0 aliphatic carbocycles. The van der Waals surface area contributed by atoms with Crippen LogP contribution in [0.4, 0.5) is 0 Å². The number of rotatable bonds is 5. The number of carbonyl (C=O) groups is 1. The second-order valence-corrected chi connectivity index (χ2v) is 5.67. The van der Waals surface area contributed by atoms with Gasteiger partial charge in [0, 0.05) is 12.3 Å². The Kier molecular flexibility index (Phi) is 5.67. The number of ether oxygens (including phenoxy) is 1. The van der Waals surface area contributed by atoms with Crippen LogP contribution in [0.3, 0.4) is 0 Å². The highest BCUT2D eigenvalue weighted by Crippen LogP contribution is 2.14. The summed E-state index contributed by atoms with van der Waals surface area (Å²) in [6, 6.07) is 8.10. The molecule has 1 aromatic rings. The van der Waals surface area contributed by atoms with Crippen LogP contribution < -0.4 is 0 Å². The van der Waals surface area contributed by atoms with Gasteiger partial charge in [0.2, 0.25) is 0 Å². The second-order valence-electron chi connectivity index (χ2n) is 5.29. The van der Waals surface area contributed by atoms with E-state index in [1.54, 1.807) is 0 Å². The third kappa shape index (κ3) is 5.54. The first-order valence-electron chi connectivity index (χ1n) is 6.27. The maximum Gasteiger partial charge on any atom is 0.306 e. The highest BCUT2D eigenvalue weighted by atomic mass is 35.5.